The van der Waals surface area contributed by atoms with E-state index in [1.807, 2.05) is 6.92 Å². The van der Waals surface area contributed by atoms with Crippen LogP contribution < -0.4 is 10.6 Å². The molecule has 1 atom stereocenters. The Labute approximate surface area is 185 Å². The predicted molar refractivity (Wildman–Crippen MR) is 128 cm³/mol. The van der Waals surface area contributed by atoms with Crippen LogP contribution in [0, 0.1) is 11.7 Å². The van der Waals surface area contributed by atoms with Gasteiger partial charge in [0, 0.05) is 35.2 Å². The molecule has 0 aliphatic heterocycles. The van der Waals surface area contributed by atoms with Crippen molar-refractivity contribution in [3.63, 3.8) is 0 Å². The molecule has 0 aromatic heterocycles. The van der Waals surface area contributed by atoms with Crippen molar-refractivity contribution in [1.82, 2.24) is 5.32 Å². The number of halogens is 2. The molecule has 30 heavy (non-hydrogen) atoms. The second-order valence-electron chi connectivity index (χ2n) is 7.63. The number of aliphatic imine (C=N–C) groups is 1. The van der Waals surface area contributed by atoms with Crippen molar-refractivity contribution in [2.24, 2.45) is 10.9 Å². The zero-order valence-corrected chi connectivity index (χ0v) is 19.1. The van der Waals surface area contributed by atoms with Gasteiger partial charge in [-0.15, -0.1) is 0 Å². The standard InChI is InChI=1S/C25H33ClFN3/c1-6-8-24(23-9-7-10-25(23)30-20(5)26)28-16-15-17(2)18(3)19(4)29-22-13-11-21(27)12-14-22/h8,11-14,18,28-29H,2,4,6-7,9-10,15-16H2,1,3,5H3/b24-8-,30-20?. The number of benzene rings is 1. The lowest BCUT2D eigenvalue weighted by molar-refractivity contribution is 0.628. The fraction of sp³-hybridized carbons (Fsp3) is 0.400. The number of hydrogen-bond acceptors (Lipinski definition) is 3. The molecule has 1 aromatic rings. The summed E-state index contributed by atoms with van der Waals surface area (Å²) in [7, 11) is 0. The molecule has 1 aromatic carbocycles. The summed E-state index contributed by atoms with van der Waals surface area (Å²) in [5.74, 6) is -0.154. The number of anilines is 1. The van der Waals surface area contributed by atoms with Crippen LogP contribution in [0.3, 0.4) is 0 Å². The average molecular weight is 430 g/mol. The van der Waals surface area contributed by atoms with Gasteiger partial charge in [-0.25, -0.2) is 9.38 Å². The number of allylic oxidation sites excluding steroid dienone is 4. The molecule has 2 rings (SSSR count). The molecule has 0 bridgehead atoms. The van der Waals surface area contributed by atoms with E-state index in [0.717, 1.165) is 67.0 Å². The van der Waals surface area contributed by atoms with Gasteiger partial charge in [0.1, 0.15) is 11.0 Å². The van der Waals surface area contributed by atoms with Gasteiger partial charge >= 0.3 is 0 Å². The van der Waals surface area contributed by atoms with Crippen LogP contribution >= 0.6 is 11.6 Å². The van der Waals surface area contributed by atoms with Crippen LogP contribution in [0.15, 0.2) is 76.7 Å². The number of nitrogens with zero attached hydrogens (tertiary/aromatic N) is 1. The Hall–Kier alpha value is -2.33. The fourth-order valence-electron chi connectivity index (χ4n) is 3.48. The average Bonchev–Trinajstić information content (AvgIpc) is 3.15. The third-order valence-corrected chi connectivity index (χ3v) is 5.34. The molecule has 2 N–H and O–H groups in total. The van der Waals surface area contributed by atoms with E-state index in [1.54, 1.807) is 12.1 Å². The van der Waals surface area contributed by atoms with Crippen LogP contribution in [-0.2, 0) is 0 Å². The highest BCUT2D eigenvalue weighted by Crippen LogP contribution is 2.32. The van der Waals surface area contributed by atoms with Crippen molar-refractivity contribution in [3.05, 3.63) is 77.6 Å². The Morgan fingerprint density at radius 3 is 2.60 bits per heavy atom. The lowest BCUT2D eigenvalue weighted by Gasteiger charge is -2.20. The van der Waals surface area contributed by atoms with Gasteiger partial charge in [0.2, 0.25) is 0 Å². The van der Waals surface area contributed by atoms with Crippen molar-refractivity contribution >= 4 is 22.5 Å². The van der Waals surface area contributed by atoms with Gasteiger partial charge in [-0.1, -0.05) is 50.3 Å². The maximum Gasteiger partial charge on any atom is 0.123 e. The highest BCUT2D eigenvalue weighted by atomic mass is 35.5. The number of nitrogens with one attached hydrogen (secondary N) is 2. The van der Waals surface area contributed by atoms with Crippen molar-refractivity contribution in [2.45, 2.75) is 52.9 Å². The van der Waals surface area contributed by atoms with Crippen molar-refractivity contribution in [3.8, 4) is 0 Å². The Bertz CT molecular complexity index is 846. The molecule has 0 fully saturated rings. The fourth-order valence-corrected chi connectivity index (χ4v) is 3.58. The van der Waals surface area contributed by atoms with Crippen LogP contribution in [0.25, 0.3) is 0 Å². The van der Waals surface area contributed by atoms with E-state index in [2.05, 4.69) is 48.7 Å². The van der Waals surface area contributed by atoms with Crippen LogP contribution in [-0.4, -0.2) is 11.7 Å². The summed E-state index contributed by atoms with van der Waals surface area (Å²) in [6.07, 6.45) is 7.12. The molecule has 0 saturated heterocycles. The molecule has 0 spiro atoms. The second-order valence-corrected chi connectivity index (χ2v) is 8.17. The summed E-state index contributed by atoms with van der Waals surface area (Å²) in [5, 5.41) is 7.41. The van der Waals surface area contributed by atoms with E-state index in [9.17, 15) is 4.39 Å². The largest absolute Gasteiger partial charge is 0.385 e. The van der Waals surface area contributed by atoms with Crippen LogP contribution in [0.1, 0.15) is 52.9 Å². The summed E-state index contributed by atoms with van der Waals surface area (Å²) in [6.45, 7) is 15.2. The molecule has 162 valence electrons. The van der Waals surface area contributed by atoms with Gasteiger partial charge in [-0.2, -0.15) is 0 Å². The molecule has 0 heterocycles. The maximum absolute atomic E-state index is 13.1. The Balaban J connectivity index is 1.92. The van der Waals surface area contributed by atoms with Gasteiger partial charge < -0.3 is 10.6 Å². The Morgan fingerprint density at radius 1 is 1.27 bits per heavy atom. The minimum Gasteiger partial charge on any atom is -0.385 e. The van der Waals surface area contributed by atoms with Gasteiger partial charge in [-0.05, 0) is 68.9 Å². The predicted octanol–water partition coefficient (Wildman–Crippen LogP) is 7.31. The first-order chi connectivity index (χ1) is 14.3. The molecule has 1 aliphatic rings. The van der Waals surface area contributed by atoms with Gasteiger partial charge in [0.15, 0.2) is 0 Å². The zero-order chi connectivity index (χ0) is 22.1. The summed E-state index contributed by atoms with van der Waals surface area (Å²) >= 11 is 6.01. The normalized spacial score (nSPS) is 15.9. The molecular formula is C25H33ClFN3. The minimum absolute atomic E-state index is 0.0974. The highest BCUT2D eigenvalue weighted by Gasteiger charge is 2.18. The third-order valence-electron chi connectivity index (χ3n) is 5.26. The van der Waals surface area contributed by atoms with Gasteiger partial charge in [0.25, 0.3) is 0 Å². The number of rotatable bonds is 11. The van der Waals surface area contributed by atoms with Gasteiger partial charge in [0.05, 0.1) is 0 Å². The third kappa shape index (κ3) is 7.17. The van der Waals surface area contributed by atoms with E-state index in [4.69, 9.17) is 11.6 Å². The zero-order valence-electron chi connectivity index (χ0n) is 18.3. The summed E-state index contributed by atoms with van der Waals surface area (Å²) in [4.78, 5) is 4.52. The van der Waals surface area contributed by atoms with Crippen LogP contribution in [0.5, 0.6) is 0 Å². The monoisotopic (exact) mass is 429 g/mol. The lowest BCUT2D eigenvalue weighted by Crippen LogP contribution is -2.19. The van der Waals surface area contributed by atoms with E-state index in [-0.39, 0.29) is 11.7 Å². The molecular weight excluding hydrogens is 397 g/mol. The van der Waals surface area contributed by atoms with Crippen molar-refractivity contribution in [1.29, 1.82) is 0 Å². The molecule has 1 unspecified atom stereocenters. The molecule has 0 saturated carbocycles. The molecule has 3 nitrogen and oxygen atoms in total. The Morgan fingerprint density at radius 2 is 1.97 bits per heavy atom. The first kappa shape index (κ1) is 23.9. The summed E-state index contributed by atoms with van der Waals surface area (Å²) < 4.78 is 13.1. The molecule has 5 heteroatoms. The van der Waals surface area contributed by atoms with E-state index in [1.165, 1.54) is 17.7 Å². The smallest absolute Gasteiger partial charge is 0.123 e. The van der Waals surface area contributed by atoms with Crippen LogP contribution in [0.2, 0.25) is 0 Å². The minimum atomic E-state index is -0.252. The van der Waals surface area contributed by atoms with E-state index < -0.39 is 0 Å². The SMILES string of the molecule is C=C(CCN/C(=C\CC)C1=C(N=C(C)Cl)CCC1)C(C)C(=C)Nc1ccc(F)cc1. The highest BCUT2D eigenvalue weighted by molar-refractivity contribution is 6.64. The summed E-state index contributed by atoms with van der Waals surface area (Å²) in [5.41, 5.74) is 6.30. The summed E-state index contributed by atoms with van der Waals surface area (Å²) in [6, 6.07) is 6.28. The van der Waals surface area contributed by atoms with Crippen molar-refractivity contribution in [2.75, 3.05) is 11.9 Å². The van der Waals surface area contributed by atoms with Crippen molar-refractivity contribution < 1.29 is 4.39 Å². The second kappa shape index (κ2) is 11.8. The maximum atomic E-state index is 13.1. The molecule has 0 radical (unpaired) electrons. The van der Waals surface area contributed by atoms with E-state index in [0.29, 0.717) is 5.17 Å². The first-order valence-electron chi connectivity index (χ1n) is 10.6. The van der Waals surface area contributed by atoms with Crippen LogP contribution in [0.4, 0.5) is 10.1 Å². The topological polar surface area (TPSA) is 36.4 Å². The quantitative estimate of drug-likeness (QED) is 0.285. The lowest BCUT2D eigenvalue weighted by atomic mass is 9.96. The van der Waals surface area contributed by atoms with Gasteiger partial charge in [-0.3, -0.25) is 0 Å². The number of hydrogen-bond donors (Lipinski definition) is 2. The molecule has 0 amide bonds. The Kier molecular flexibility index (Phi) is 9.38. The first-order valence-corrected chi connectivity index (χ1v) is 11.0. The van der Waals surface area contributed by atoms with E-state index >= 15 is 0 Å². The molecule has 1 aliphatic carbocycles.